The molecule has 2 atom stereocenters. The highest BCUT2D eigenvalue weighted by molar-refractivity contribution is 7.57. The lowest BCUT2D eigenvalue weighted by Gasteiger charge is -2.12. The lowest BCUT2D eigenvalue weighted by molar-refractivity contribution is -0.138. The standard InChI is InChI=1S/C9H18NO5P/c10-8(9(12)13)4-7-16(14,15)6-3-1-2-5-11/h2,5,8,11H,1,3-4,6-7,10H2,(H,12,13)(H,14,15)/b5-2+. The number of aliphatic hydroxyl groups is 1. The van der Waals surface area contributed by atoms with Crippen LogP contribution in [0.5, 0.6) is 0 Å². The predicted molar refractivity (Wildman–Crippen MR) is 60.8 cm³/mol. The van der Waals surface area contributed by atoms with Gasteiger partial charge in [0.1, 0.15) is 6.04 Å². The van der Waals surface area contributed by atoms with Gasteiger partial charge in [0.15, 0.2) is 0 Å². The van der Waals surface area contributed by atoms with Gasteiger partial charge in [-0.2, -0.15) is 0 Å². The van der Waals surface area contributed by atoms with Gasteiger partial charge in [0.2, 0.25) is 7.37 Å². The zero-order valence-corrected chi connectivity index (χ0v) is 9.84. The molecule has 0 aliphatic heterocycles. The number of rotatable bonds is 8. The van der Waals surface area contributed by atoms with Crippen LogP contribution in [0.3, 0.4) is 0 Å². The average molecular weight is 251 g/mol. The summed E-state index contributed by atoms with van der Waals surface area (Å²) in [6.07, 6.45) is 3.41. The van der Waals surface area contributed by atoms with Crippen LogP contribution in [0.4, 0.5) is 0 Å². The van der Waals surface area contributed by atoms with Crippen molar-refractivity contribution in [2.45, 2.75) is 25.3 Å². The van der Waals surface area contributed by atoms with Gasteiger partial charge in [0.25, 0.3) is 0 Å². The van der Waals surface area contributed by atoms with Gasteiger partial charge >= 0.3 is 5.97 Å². The SMILES string of the molecule is NC(CCP(=O)(O)CCC/C=C/O)C(=O)O. The fourth-order valence-corrected chi connectivity index (χ4v) is 2.69. The minimum atomic E-state index is -3.29. The molecule has 0 aliphatic carbocycles. The van der Waals surface area contributed by atoms with Crippen molar-refractivity contribution in [2.75, 3.05) is 12.3 Å². The first-order chi connectivity index (χ1) is 7.39. The van der Waals surface area contributed by atoms with Crippen molar-refractivity contribution in [1.82, 2.24) is 0 Å². The molecule has 2 unspecified atom stereocenters. The Bertz CT molecular complexity index is 292. The highest BCUT2D eigenvalue weighted by atomic mass is 31.2. The van der Waals surface area contributed by atoms with Crippen LogP contribution in [-0.4, -0.2) is 39.4 Å². The summed E-state index contributed by atoms with van der Waals surface area (Å²) in [4.78, 5) is 19.8. The number of hydrogen-bond donors (Lipinski definition) is 4. The number of carboxylic acid groups (broad SMARTS) is 1. The smallest absolute Gasteiger partial charge is 0.320 e. The second-order valence-corrected chi connectivity index (χ2v) is 6.14. The van der Waals surface area contributed by atoms with E-state index in [0.29, 0.717) is 12.8 Å². The maximum Gasteiger partial charge on any atom is 0.320 e. The monoisotopic (exact) mass is 251 g/mol. The zero-order chi connectivity index (χ0) is 12.6. The number of allylic oxidation sites excluding steroid dienone is 1. The largest absolute Gasteiger partial charge is 0.516 e. The molecule has 0 saturated heterocycles. The highest BCUT2D eigenvalue weighted by Gasteiger charge is 2.21. The molecule has 16 heavy (non-hydrogen) atoms. The summed E-state index contributed by atoms with van der Waals surface area (Å²) in [5.41, 5.74) is 5.22. The fraction of sp³-hybridized carbons (Fsp3) is 0.667. The molecule has 0 fully saturated rings. The average Bonchev–Trinajstić information content (AvgIpc) is 2.21. The summed E-state index contributed by atoms with van der Waals surface area (Å²) < 4.78 is 11.5. The second kappa shape index (κ2) is 7.44. The molecule has 0 saturated carbocycles. The topological polar surface area (TPSA) is 121 Å². The summed E-state index contributed by atoms with van der Waals surface area (Å²) in [5.74, 6) is -1.16. The summed E-state index contributed by atoms with van der Waals surface area (Å²) in [6.45, 7) is 0. The van der Waals surface area contributed by atoms with Crippen LogP contribution < -0.4 is 5.73 Å². The predicted octanol–water partition coefficient (Wildman–Crippen LogP) is 0.911. The Morgan fingerprint density at radius 3 is 2.56 bits per heavy atom. The molecule has 0 aromatic carbocycles. The van der Waals surface area contributed by atoms with Gasteiger partial charge in [0.05, 0.1) is 6.26 Å². The van der Waals surface area contributed by atoms with Crippen molar-refractivity contribution >= 4 is 13.3 Å². The van der Waals surface area contributed by atoms with E-state index in [1.807, 2.05) is 0 Å². The molecule has 0 heterocycles. The Morgan fingerprint density at radius 2 is 2.06 bits per heavy atom. The highest BCUT2D eigenvalue weighted by Crippen LogP contribution is 2.42. The molecule has 94 valence electrons. The zero-order valence-electron chi connectivity index (χ0n) is 8.95. The molecule has 0 amide bonds. The third-order valence-corrected chi connectivity index (χ3v) is 4.06. The Labute approximate surface area is 94.2 Å². The Hall–Kier alpha value is -0.840. The van der Waals surface area contributed by atoms with E-state index in [1.165, 1.54) is 6.08 Å². The van der Waals surface area contributed by atoms with Crippen LogP contribution in [-0.2, 0) is 9.36 Å². The summed E-state index contributed by atoms with van der Waals surface area (Å²) >= 11 is 0. The first-order valence-corrected chi connectivity index (χ1v) is 7.00. The number of aliphatic hydroxyl groups excluding tert-OH is 1. The number of aliphatic carboxylic acids is 1. The molecular weight excluding hydrogens is 233 g/mol. The van der Waals surface area contributed by atoms with Gasteiger partial charge in [-0.3, -0.25) is 9.36 Å². The maximum absolute atomic E-state index is 11.5. The Morgan fingerprint density at radius 1 is 1.44 bits per heavy atom. The Kier molecular flexibility index (Phi) is 7.05. The van der Waals surface area contributed by atoms with Crippen molar-refractivity contribution in [3.8, 4) is 0 Å². The van der Waals surface area contributed by atoms with Crippen molar-refractivity contribution in [2.24, 2.45) is 5.73 Å². The number of hydrogen-bond acceptors (Lipinski definition) is 4. The number of unbranched alkanes of at least 4 members (excludes halogenated alkanes) is 1. The number of carbonyl (C=O) groups is 1. The molecule has 0 aromatic heterocycles. The van der Waals surface area contributed by atoms with E-state index in [9.17, 15) is 14.3 Å². The van der Waals surface area contributed by atoms with Crippen LogP contribution >= 0.6 is 7.37 Å². The molecule has 0 spiro atoms. The lowest BCUT2D eigenvalue weighted by Crippen LogP contribution is -2.30. The summed E-state index contributed by atoms with van der Waals surface area (Å²) in [5, 5.41) is 16.8. The second-order valence-electron chi connectivity index (χ2n) is 3.55. The minimum absolute atomic E-state index is 0.00104. The van der Waals surface area contributed by atoms with Crippen molar-refractivity contribution in [3.63, 3.8) is 0 Å². The Balaban J connectivity index is 3.86. The number of carboxylic acids is 1. The van der Waals surface area contributed by atoms with Crippen molar-refractivity contribution in [3.05, 3.63) is 12.3 Å². The molecule has 0 radical (unpaired) electrons. The van der Waals surface area contributed by atoms with E-state index in [-0.39, 0.29) is 18.7 Å². The van der Waals surface area contributed by atoms with Gasteiger partial charge in [-0.1, -0.05) is 6.08 Å². The first kappa shape index (κ1) is 15.2. The van der Waals surface area contributed by atoms with Crippen molar-refractivity contribution < 1.29 is 24.5 Å². The molecule has 0 aromatic rings. The van der Waals surface area contributed by atoms with Gasteiger partial charge < -0.3 is 20.8 Å². The van der Waals surface area contributed by atoms with E-state index >= 15 is 0 Å². The van der Waals surface area contributed by atoms with E-state index in [2.05, 4.69) is 0 Å². The molecular formula is C9H18NO5P. The van der Waals surface area contributed by atoms with Gasteiger partial charge in [-0.25, -0.2) is 0 Å². The molecule has 5 N–H and O–H groups in total. The van der Waals surface area contributed by atoms with Crippen LogP contribution in [0.1, 0.15) is 19.3 Å². The quantitative estimate of drug-likeness (QED) is 0.289. The third-order valence-electron chi connectivity index (χ3n) is 2.09. The third kappa shape index (κ3) is 7.45. The van der Waals surface area contributed by atoms with E-state index in [4.69, 9.17) is 15.9 Å². The van der Waals surface area contributed by atoms with Crippen LogP contribution in [0, 0.1) is 0 Å². The number of nitrogens with two attached hydrogens (primary N) is 1. The normalized spacial score (nSPS) is 17.1. The molecule has 6 nitrogen and oxygen atoms in total. The van der Waals surface area contributed by atoms with Crippen LogP contribution in [0.15, 0.2) is 12.3 Å². The fourth-order valence-electron chi connectivity index (χ4n) is 1.11. The van der Waals surface area contributed by atoms with E-state index < -0.39 is 19.4 Å². The molecule has 7 heteroatoms. The summed E-state index contributed by atoms with van der Waals surface area (Å²) in [6, 6.07) is -1.09. The van der Waals surface area contributed by atoms with Gasteiger partial charge in [-0.05, 0) is 19.3 Å². The van der Waals surface area contributed by atoms with Crippen LogP contribution in [0.25, 0.3) is 0 Å². The van der Waals surface area contributed by atoms with Gasteiger partial charge in [0, 0.05) is 12.3 Å². The molecule has 0 bridgehead atoms. The van der Waals surface area contributed by atoms with Crippen molar-refractivity contribution in [1.29, 1.82) is 0 Å². The van der Waals surface area contributed by atoms with Gasteiger partial charge in [-0.15, -0.1) is 0 Å². The van der Waals surface area contributed by atoms with E-state index in [0.717, 1.165) is 6.26 Å². The molecule has 0 rings (SSSR count). The first-order valence-electron chi connectivity index (χ1n) is 4.97. The summed E-state index contributed by atoms with van der Waals surface area (Å²) in [7, 11) is -3.29. The van der Waals surface area contributed by atoms with E-state index in [1.54, 1.807) is 0 Å². The van der Waals surface area contributed by atoms with Crippen LogP contribution in [0.2, 0.25) is 0 Å². The molecule has 0 aliphatic rings. The maximum atomic E-state index is 11.5. The lowest BCUT2D eigenvalue weighted by atomic mass is 10.2. The minimum Gasteiger partial charge on any atom is -0.516 e.